The van der Waals surface area contributed by atoms with Crippen LogP contribution in [0.15, 0.2) is 78.9 Å². The summed E-state index contributed by atoms with van der Waals surface area (Å²) in [5.41, 5.74) is 1.53. The lowest BCUT2D eigenvalue weighted by molar-refractivity contribution is -0.142. The second kappa shape index (κ2) is 11.8. The first-order chi connectivity index (χ1) is 16.0. The van der Waals surface area contributed by atoms with Gasteiger partial charge in [0.15, 0.2) is 18.2 Å². The number of nitrogens with one attached hydrogen (secondary N) is 1. The third kappa shape index (κ3) is 6.87. The minimum absolute atomic E-state index is 0.0507. The number of amides is 2. The molecule has 3 rings (SSSR count). The van der Waals surface area contributed by atoms with Gasteiger partial charge in [-0.05, 0) is 42.3 Å². The van der Waals surface area contributed by atoms with Crippen LogP contribution in [0.3, 0.4) is 0 Å². The Morgan fingerprint density at radius 2 is 1.58 bits per heavy atom. The van der Waals surface area contributed by atoms with Crippen molar-refractivity contribution in [2.45, 2.75) is 25.9 Å². The SMILES string of the molecule is CCNC(=O)[C@@H](Cc1ccccc1)N(Cc1ccc(F)cc1)C(=O)COc1ccccc1F. The maximum atomic E-state index is 14.0. The van der Waals surface area contributed by atoms with E-state index in [1.165, 1.54) is 35.2 Å². The topological polar surface area (TPSA) is 58.6 Å². The Morgan fingerprint density at radius 3 is 2.24 bits per heavy atom. The van der Waals surface area contributed by atoms with Crippen molar-refractivity contribution >= 4 is 11.8 Å². The van der Waals surface area contributed by atoms with Gasteiger partial charge in [0.1, 0.15) is 11.9 Å². The van der Waals surface area contributed by atoms with Gasteiger partial charge >= 0.3 is 0 Å². The average molecular weight is 453 g/mol. The van der Waals surface area contributed by atoms with Gasteiger partial charge in [0.2, 0.25) is 5.91 Å². The van der Waals surface area contributed by atoms with Gasteiger partial charge in [-0.1, -0.05) is 54.6 Å². The lowest BCUT2D eigenvalue weighted by atomic mass is 10.0. The fraction of sp³-hybridized carbons (Fsp3) is 0.231. The van der Waals surface area contributed by atoms with E-state index in [9.17, 15) is 18.4 Å². The fourth-order valence-corrected chi connectivity index (χ4v) is 3.42. The molecule has 0 radical (unpaired) electrons. The van der Waals surface area contributed by atoms with Gasteiger partial charge in [-0.25, -0.2) is 8.78 Å². The summed E-state index contributed by atoms with van der Waals surface area (Å²) >= 11 is 0. The molecule has 3 aromatic carbocycles. The summed E-state index contributed by atoms with van der Waals surface area (Å²) in [7, 11) is 0. The molecule has 0 aliphatic rings. The first-order valence-electron chi connectivity index (χ1n) is 10.7. The Hall–Kier alpha value is -3.74. The number of carbonyl (C=O) groups is 2. The molecule has 2 amide bonds. The first-order valence-corrected chi connectivity index (χ1v) is 10.7. The van der Waals surface area contributed by atoms with Gasteiger partial charge in [0.25, 0.3) is 5.91 Å². The van der Waals surface area contributed by atoms with Crippen molar-refractivity contribution < 1.29 is 23.1 Å². The number of hydrogen-bond donors (Lipinski definition) is 1. The number of ether oxygens (including phenoxy) is 1. The summed E-state index contributed by atoms with van der Waals surface area (Å²) in [5, 5.41) is 2.79. The highest BCUT2D eigenvalue weighted by Gasteiger charge is 2.30. The summed E-state index contributed by atoms with van der Waals surface area (Å²) in [6.07, 6.45) is 0.277. The normalized spacial score (nSPS) is 11.5. The molecule has 5 nitrogen and oxygen atoms in total. The highest BCUT2D eigenvalue weighted by molar-refractivity contribution is 5.88. The lowest BCUT2D eigenvalue weighted by Gasteiger charge is -2.31. The Labute approximate surface area is 192 Å². The summed E-state index contributed by atoms with van der Waals surface area (Å²) < 4.78 is 32.8. The van der Waals surface area contributed by atoms with E-state index in [0.717, 1.165) is 5.56 Å². The number of rotatable bonds is 10. The van der Waals surface area contributed by atoms with E-state index in [0.29, 0.717) is 12.1 Å². The van der Waals surface area contributed by atoms with E-state index < -0.39 is 30.2 Å². The minimum atomic E-state index is -0.839. The van der Waals surface area contributed by atoms with E-state index in [1.807, 2.05) is 30.3 Å². The number of halogens is 2. The van der Waals surface area contributed by atoms with Crippen molar-refractivity contribution in [3.05, 3.63) is 102 Å². The van der Waals surface area contributed by atoms with Crippen LogP contribution in [0.2, 0.25) is 0 Å². The summed E-state index contributed by atoms with van der Waals surface area (Å²) in [4.78, 5) is 27.7. The molecule has 0 bridgehead atoms. The number of carbonyl (C=O) groups excluding carboxylic acids is 2. The van der Waals surface area contributed by atoms with E-state index in [-0.39, 0.29) is 24.6 Å². The second-order valence-electron chi connectivity index (χ2n) is 7.47. The number of likely N-dealkylation sites (N-methyl/N-ethyl adjacent to an activating group) is 1. The first kappa shape index (κ1) is 23.9. The highest BCUT2D eigenvalue weighted by atomic mass is 19.1. The van der Waals surface area contributed by atoms with Gasteiger partial charge in [-0.15, -0.1) is 0 Å². The Morgan fingerprint density at radius 1 is 0.909 bits per heavy atom. The van der Waals surface area contributed by atoms with Gasteiger partial charge in [-0.2, -0.15) is 0 Å². The molecule has 0 aromatic heterocycles. The molecular formula is C26H26F2N2O3. The van der Waals surface area contributed by atoms with Crippen LogP contribution in [0.25, 0.3) is 0 Å². The monoisotopic (exact) mass is 452 g/mol. The van der Waals surface area contributed by atoms with Crippen molar-refractivity contribution in [3.8, 4) is 5.75 Å². The van der Waals surface area contributed by atoms with E-state index in [1.54, 1.807) is 25.1 Å². The standard InChI is InChI=1S/C26H26F2N2O3/c1-2-29-26(32)23(16-19-8-4-3-5-9-19)30(17-20-12-14-21(27)15-13-20)25(31)18-33-24-11-7-6-10-22(24)28/h3-15,23H,2,16-18H2,1H3,(H,29,32)/t23-/m1/s1. The number of nitrogens with zero attached hydrogens (tertiary/aromatic N) is 1. The van der Waals surface area contributed by atoms with Crippen LogP contribution in [0.1, 0.15) is 18.1 Å². The zero-order valence-electron chi connectivity index (χ0n) is 18.3. The van der Waals surface area contributed by atoms with Gasteiger partial charge in [0.05, 0.1) is 0 Å². The molecule has 0 heterocycles. The maximum Gasteiger partial charge on any atom is 0.261 e. The molecular weight excluding hydrogens is 426 g/mol. The number of benzene rings is 3. The Balaban J connectivity index is 1.89. The smallest absolute Gasteiger partial charge is 0.261 e. The Kier molecular flexibility index (Phi) is 8.52. The largest absolute Gasteiger partial charge is 0.481 e. The molecule has 3 aromatic rings. The van der Waals surface area contributed by atoms with Gasteiger partial charge in [0, 0.05) is 19.5 Å². The molecule has 0 fully saturated rings. The molecule has 7 heteroatoms. The van der Waals surface area contributed by atoms with Crippen LogP contribution in [0.5, 0.6) is 5.75 Å². The molecule has 0 spiro atoms. The average Bonchev–Trinajstić information content (AvgIpc) is 2.82. The van der Waals surface area contributed by atoms with E-state index >= 15 is 0 Å². The molecule has 0 aliphatic carbocycles. The van der Waals surface area contributed by atoms with Crippen molar-refractivity contribution in [2.75, 3.05) is 13.2 Å². The second-order valence-corrected chi connectivity index (χ2v) is 7.47. The molecule has 0 unspecified atom stereocenters. The lowest BCUT2D eigenvalue weighted by Crippen LogP contribution is -2.51. The van der Waals surface area contributed by atoms with Crippen molar-refractivity contribution in [2.24, 2.45) is 0 Å². The van der Waals surface area contributed by atoms with E-state index in [2.05, 4.69) is 5.32 Å². The zero-order valence-corrected chi connectivity index (χ0v) is 18.3. The van der Waals surface area contributed by atoms with E-state index in [4.69, 9.17) is 4.74 Å². The van der Waals surface area contributed by atoms with Crippen molar-refractivity contribution in [1.82, 2.24) is 10.2 Å². The predicted octanol–water partition coefficient (Wildman–Crippen LogP) is 4.12. The predicted molar refractivity (Wildman–Crippen MR) is 121 cm³/mol. The molecule has 0 aliphatic heterocycles. The fourth-order valence-electron chi connectivity index (χ4n) is 3.42. The summed E-state index contributed by atoms with van der Waals surface area (Å²) in [5.74, 6) is -1.84. The molecule has 33 heavy (non-hydrogen) atoms. The molecule has 0 saturated heterocycles. The highest BCUT2D eigenvalue weighted by Crippen LogP contribution is 2.18. The van der Waals surface area contributed by atoms with Crippen LogP contribution in [0.4, 0.5) is 8.78 Å². The summed E-state index contributed by atoms with van der Waals surface area (Å²) in [6.45, 7) is 1.81. The number of hydrogen-bond acceptors (Lipinski definition) is 3. The van der Waals surface area contributed by atoms with Crippen molar-refractivity contribution in [3.63, 3.8) is 0 Å². The van der Waals surface area contributed by atoms with Crippen LogP contribution < -0.4 is 10.1 Å². The number of para-hydroxylation sites is 1. The van der Waals surface area contributed by atoms with Crippen LogP contribution in [-0.4, -0.2) is 35.9 Å². The molecule has 1 atom stereocenters. The van der Waals surface area contributed by atoms with Gasteiger partial charge in [-0.3, -0.25) is 9.59 Å². The molecule has 1 N–H and O–H groups in total. The Bertz CT molecular complexity index is 1060. The van der Waals surface area contributed by atoms with Crippen LogP contribution in [0, 0.1) is 11.6 Å². The molecule has 172 valence electrons. The minimum Gasteiger partial charge on any atom is -0.481 e. The zero-order chi connectivity index (χ0) is 23.6. The van der Waals surface area contributed by atoms with Gasteiger partial charge < -0.3 is 15.0 Å². The maximum absolute atomic E-state index is 14.0. The van der Waals surface area contributed by atoms with Crippen LogP contribution in [-0.2, 0) is 22.6 Å². The van der Waals surface area contributed by atoms with Crippen molar-refractivity contribution in [1.29, 1.82) is 0 Å². The quantitative estimate of drug-likeness (QED) is 0.504. The third-order valence-corrected chi connectivity index (χ3v) is 5.08. The third-order valence-electron chi connectivity index (χ3n) is 5.08. The summed E-state index contributed by atoms with van der Waals surface area (Å²) in [6, 6.07) is 20.0. The molecule has 0 saturated carbocycles. The van der Waals surface area contributed by atoms with Crippen LogP contribution >= 0.6 is 0 Å².